The third-order valence-electron chi connectivity index (χ3n) is 3.72. The molecule has 1 fully saturated rings. The van der Waals surface area contributed by atoms with Crippen LogP contribution in [-0.4, -0.2) is 0 Å². The second kappa shape index (κ2) is 5.66. The topological polar surface area (TPSA) is 12.0 Å². The molecule has 1 aromatic heterocycles. The van der Waals surface area contributed by atoms with Crippen LogP contribution in [0.3, 0.4) is 0 Å². The summed E-state index contributed by atoms with van der Waals surface area (Å²) in [6.07, 6.45) is 2.69. The van der Waals surface area contributed by atoms with Gasteiger partial charge in [0.1, 0.15) is 0 Å². The van der Waals surface area contributed by atoms with Gasteiger partial charge in [-0.25, -0.2) is 0 Å². The fourth-order valence-electron chi connectivity index (χ4n) is 2.49. The highest BCUT2D eigenvalue weighted by Crippen LogP contribution is 2.43. The Hall–Kier alpha value is -0.830. The molecule has 1 aromatic carbocycles. The van der Waals surface area contributed by atoms with Crippen LogP contribution in [0, 0.1) is 5.92 Å². The van der Waals surface area contributed by atoms with Crippen LogP contribution in [0.4, 0.5) is 0 Å². The van der Waals surface area contributed by atoms with Crippen LogP contribution in [0.25, 0.3) is 0 Å². The predicted molar refractivity (Wildman–Crippen MR) is 82.8 cm³/mol. The van der Waals surface area contributed by atoms with E-state index in [0.29, 0.717) is 12.1 Å². The van der Waals surface area contributed by atoms with E-state index in [0.717, 1.165) is 10.9 Å². The first-order chi connectivity index (χ1) is 9.24. The van der Waals surface area contributed by atoms with Crippen molar-refractivity contribution in [3.8, 4) is 0 Å². The van der Waals surface area contributed by atoms with Gasteiger partial charge in [-0.15, -0.1) is 11.3 Å². The average Bonchev–Trinajstić information content (AvgIpc) is 3.10. The van der Waals surface area contributed by atoms with Crippen LogP contribution in [-0.2, 0) is 0 Å². The van der Waals surface area contributed by atoms with E-state index in [1.807, 2.05) is 23.5 Å². The van der Waals surface area contributed by atoms with Crippen molar-refractivity contribution in [2.45, 2.75) is 31.8 Å². The van der Waals surface area contributed by atoms with E-state index in [9.17, 15) is 0 Å². The van der Waals surface area contributed by atoms with Gasteiger partial charge in [0.25, 0.3) is 0 Å². The zero-order valence-electron chi connectivity index (χ0n) is 11.0. The molecule has 19 heavy (non-hydrogen) atoms. The molecule has 1 N–H and O–H groups in total. The Morgan fingerprint density at radius 2 is 2.11 bits per heavy atom. The second-order valence-electron chi connectivity index (χ2n) is 5.27. The lowest BCUT2D eigenvalue weighted by Crippen LogP contribution is -2.25. The lowest BCUT2D eigenvalue weighted by Gasteiger charge is -2.23. The van der Waals surface area contributed by atoms with Gasteiger partial charge in [0.05, 0.1) is 0 Å². The van der Waals surface area contributed by atoms with E-state index in [2.05, 4.69) is 41.9 Å². The summed E-state index contributed by atoms with van der Waals surface area (Å²) in [4.78, 5) is 1.45. The first-order valence-corrected chi connectivity index (χ1v) is 8.05. The Bertz CT molecular complexity index is 533. The Labute approximate surface area is 123 Å². The minimum Gasteiger partial charge on any atom is -0.302 e. The number of hydrogen-bond acceptors (Lipinski definition) is 2. The molecule has 1 aliphatic carbocycles. The molecule has 100 valence electrons. The maximum absolute atomic E-state index is 6.07. The molecular weight excluding hydrogens is 274 g/mol. The van der Waals surface area contributed by atoms with Crippen molar-refractivity contribution >= 4 is 22.9 Å². The van der Waals surface area contributed by atoms with Crippen molar-refractivity contribution in [3.05, 3.63) is 57.2 Å². The number of halogens is 1. The van der Waals surface area contributed by atoms with Gasteiger partial charge < -0.3 is 5.32 Å². The lowest BCUT2D eigenvalue weighted by molar-refractivity contribution is 0.433. The first-order valence-electron chi connectivity index (χ1n) is 6.79. The van der Waals surface area contributed by atoms with Gasteiger partial charge in [0, 0.05) is 22.0 Å². The molecule has 1 nitrogen and oxygen atoms in total. The number of benzene rings is 1. The predicted octanol–water partition coefficient (Wildman–Crippen LogP) is 5.20. The molecule has 2 atom stereocenters. The molecule has 3 rings (SSSR count). The molecular formula is C16H18ClNS. The van der Waals surface area contributed by atoms with E-state index in [1.165, 1.54) is 23.3 Å². The van der Waals surface area contributed by atoms with Crippen molar-refractivity contribution in [3.63, 3.8) is 0 Å². The van der Waals surface area contributed by atoms with Crippen LogP contribution in [0.1, 0.15) is 42.3 Å². The SMILES string of the molecule is C[C@H](NC(c1cccs1)C1CC1)c1cccc(Cl)c1. The van der Waals surface area contributed by atoms with Gasteiger partial charge in [-0.3, -0.25) is 0 Å². The van der Waals surface area contributed by atoms with E-state index >= 15 is 0 Å². The summed E-state index contributed by atoms with van der Waals surface area (Å²) in [6.45, 7) is 2.22. The zero-order chi connectivity index (χ0) is 13.2. The van der Waals surface area contributed by atoms with Gasteiger partial charge in [0.2, 0.25) is 0 Å². The lowest BCUT2D eigenvalue weighted by atomic mass is 10.0. The molecule has 0 bridgehead atoms. The van der Waals surface area contributed by atoms with Crippen molar-refractivity contribution in [2.24, 2.45) is 5.92 Å². The summed E-state index contributed by atoms with van der Waals surface area (Å²) in [6, 6.07) is 13.3. The van der Waals surface area contributed by atoms with E-state index in [4.69, 9.17) is 11.6 Å². The quantitative estimate of drug-likeness (QED) is 0.798. The van der Waals surface area contributed by atoms with E-state index < -0.39 is 0 Å². The number of thiophene rings is 1. The molecule has 0 amide bonds. The molecule has 0 spiro atoms. The summed E-state index contributed by atoms with van der Waals surface area (Å²) >= 11 is 7.93. The third kappa shape index (κ3) is 3.19. The smallest absolute Gasteiger partial charge is 0.0448 e. The summed E-state index contributed by atoms with van der Waals surface area (Å²) in [7, 11) is 0. The number of nitrogens with one attached hydrogen (secondary N) is 1. The molecule has 1 aliphatic rings. The molecule has 3 heteroatoms. The minimum atomic E-state index is 0.325. The van der Waals surface area contributed by atoms with Gasteiger partial charge in [0.15, 0.2) is 0 Å². The van der Waals surface area contributed by atoms with E-state index in [-0.39, 0.29) is 0 Å². The van der Waals surface area contributed by atoms with Crippen LogP contribution in [0.2, 0.25) is 5.02 Å². The fraction of sp³-hybridized carbons (Fsp3) is 0.375. The number of hydrogen-bond donors (Lipinski definition) is 1. The summed E-state index contributed by atoms with van der Waals surface area (Å²) in [5.74, 6) is 0.806. The van der Waals surface area contributed by atoms with Crippen molar-refractivity contribution < 1.29 is 0 Å². The average molecular weight is 292 g/mol. The Morgan fingerprint density at radius 1 is 1.26 bits per heavy atom. The highest BCUT2D eigenvalue weighted by Gasteiger charge is 2.33. The first kappa shape index (κ1) is 13.2. The highest BCUT2D eigenvalue weighted by atomic mass is 35.5. The maximum atomic E-state index is 6.07. The maximum Gasteiger partial charge on any atom is 0.0448 e. The normalized spacial score (nSPS) is 18.2. The van der Waals surface area contributed by atoms with Crippen LogP contribution in [0.5, 0.6) is 0 Å². The molecule has 0 aliphatic heterocycles. The zero-order valence-corrected chi connectivity index (χ0v) is 12.5. The standard InChI is InChI=1S/C16H18ClNS/c1-11(13-4-2-5-14(17)10-13)18-16(12-7-8-12)15-6-3-9-19-15/h2-6,9-12,16,18H,7-8H2,1H3/t11-,16?/m0/s1. The van der Waals surface area contributed by atoms with Gasteiger partial charge in [-0.2, -0.15) is 0 Å². The third-order valence-corrected chi connectivity index (χ3v) is 4.91. The minimum absolute atomic E-state index is 0.325. The monoisotopic (exact) mass is 291 g/mol. The molecule has 1 saturated carbocycles. The van der Waals surface area contributed by atoms with E-state index in [1.54, 1.807) is 0 Å². The summed E-state index contributed by atoms with van der Waals surface area (Å²) in [5, 5.41) is 6.75. The molecule has 1 unspecified atom stereocenters. The van der Waals surface area contributed by atoms with Gasteiger partial charge in [-0.05, 0) is 54.8 Å². The Balaban J connectivity index is 1.75. The Morgan fingerprint density at radius 3 is 2.74 bits per heavy atom. The van der Waals surface area contributed by atoms with Crippen molar-refractivity contribution in [1.29, 1.82) is 0 Å². The van der Waals surface area contributed by atoms with Crippen LogP contribution in [0.15, 0.2) is 41.8 Å². The Kier molecular flexibility index (Phi) is 3.92. The molecule has 0 saturated heterocycles. The second-order valence-corrected chi connectivity index (χ2v) is 6.69. The van der Waals surface area contributed by atoms with Gasteiger partial charge in [-0.1, -0.05) is 29.8 Å². The van der Waals surface area contributed by atoms with Crippen molar-refractivity contribution in [2.75, 3.05) is 0 Å². The van der Waals surface area contributed by atoms with Crippen molar-refractivity contribution in [1.82, 2.24) is 5.32 Å². The van der Waals surface area contributed by atoms with Crippen LogP contribution < -0.4 is 5.32 Å². The van der Waals surface area contributed by atoms with Gasteiger partial charge >= 0.3 is 0 Å². The molecule has 1 heterocycles. The highest BCUT2D eigenvalue weighted by molar-refractivity contribution is 7.10. The summed E-state index contributed by atoms with van der Waals surface area (Å²) in [5.41, 5.74) is 1.26. The largest absolute Gasteiger partial charge is 0.302 e. The fourth-order valence-corrected chi connectivity index (χ4v) is 3.57. The molecule has 0 radical (unpaired) electrons. The number of rotatable bonds is 5. The van der Waals surface area contributed by atoms with Crippen LogP contribution >= 0.6 is 22.9 Å². The summed E-state index contributed by atoms with van der Waals surface area (Å²) < 4.78 is 0. The molecule has 2 aromatic rings.